The third kappa shape index (κ3) is 6.25. The van der Waals surface area contributed by atoms with Gasteiger partial charge in [-0.25, -0.2) is 9.18 Å². The number of aliphatic hydroxyl groups excluding tert-OH is 1. The molecule has 2 aromatic carbocycles. The Labute approximate surface area is 257 Å². The number of urea groups is 1. The van der Waals surface area contributed by atoms with Gasteiger partial charge in [0, 0.05) is 13.0 Å². The first-order valence-corrected chi connectivity index (χ1v) is 19.8. The van der Waals surface area contributed by atoms with Gasteiger partial charge in [0.2, 0.25) is 5.91 Å². The second-order valence-electron chi connectivity index (χ2n) is 14.2. The highest BCUT2D eigenvalue weighted by molar-refractivity contribution is 6.99. The molecule has 0 radical (unpaired) electrons. The molecule has 2 aromatic rings. The molecular formula is C32H47FN2O6Si2. The van der Waals surface area contributed by atoms with E-state index in [2.05, 4.69) is 71.1 Å². The van der Waals surface area contributed by atoms with Crippen LogP contribution in [0.4, 0.5) is 9.18 Å². The molecule has 8 nitrogen and oxygen atoms in total. The van der Waals surface area contributed by atoms with Crippen molar-refractivity contribution < 1.29 is 32.7 Å². The lowest BCUT2D eigenvalue weighted by Gasteiger charge is -2.47. The molecule has 2 heterocycles. The molecule has 2 aliphatic rings. The minimum Gasteiger partial charge on any atom is -0.408 e. The predicted octanol–water partition coefficient (Wildman–Crippen LogP) is 4.32. The van der Waals surface area contributed by atoms with Gasteiger partial charge in [-0.05, 0) is 33.5 Å². The summed E-state index contributed by atoms with van der Waals surface area (Å²) in [6.45, 7) is 15.9. The Morgan fingerprint density at radius 1 is 0.977 bits per heavy atom. The average Bonchev–Trinajstić information content (AvgIpc) is 3.20. The summed E-state index contributed by atoms with van der Waals surface area (Å²) >= 11 is 0. The Balaban J connectivity index is 1.82. The molecule has 0 saturated carbocycles. The van der Waals surface area contributed by atoms with Gasteiger partial charge >= 0.3 is 6.03 Å². The zero-order valence-corrected chi connectivity index (χ0v) is 28.6. The summed E-state index contributed by atoms with van der Waals surface area (Å²) < 4.78 is 37.0. The molecule has 2 fully saturated rings. The summed E-state index contributed by atoms with van der Waals surface area (Å²) in [6, 6.07) is 19.4. The van der Waals surface area contributed by atoms with E-state index in [9.17, 15) is 14.7 Å². The molecule has 4 rings (SSSR count). The van der Waals surface area contributed by atoms with Crippen molar-refractivity contribution in [1.82, 2.24) is 10.2 Å². The van der Waals surface area contributed by atoms with E-state index in [4.69, 9.17) is 13.6 Å². The summed E-state index contributed by atoms with van der Waals surface area (Å²) in [5.74, 6) is -0.424. The third-order valence-electron chi connectivity index (χ3n) is 9.28. The van der Waals surface area contributed by atoms with Gasteiger partial charge in [0.25, 0.3) is 8.32 Å². The lowest BCUT2D eigenvalue weighted by Crippen LogP contribution is -2.68. The molecule has 0 unspecified atom stereocenters. The Morgan fingerprint density at radius 3 is 1.95 bits per heavy atom. The Hall–Kier alpha value is -2.42. The van der Waals surface area contributed by atoms with Crippen LogP contribution in [0.15, 0.2) is 60.7 Å². The summed E-state index contributed by atoms with van der Waals surface area (Å²) in [4.78, 5) is 25.9. The highest BCUT2D eigenvalue weighted by atomic mass is 28.4. The normalized spacial score (nSPS) is 25.6. The lowest BCUT2D eigenvalue weighted by molar-refractivity contribution is -0.155. The molecule has 0 spiro atoms. The van der Waals surface area contributed by atoms with Crippen molar-refractivity contribution >= 4 is 38.9 Å². The maximum atomic E-state index is 16.7. The number of ether oxygens (including phenoxy) is 1. The van der Waals surface area contributed by atoms with E-state index in [1.165, 1.54) is 4.90 Å². The lowest BCUT2D eigenvalue weighted by atomic mass is 9.97. The maximum absolute atomic E-state index is 16.7. The monoisotopic (exact) mass is 630 g/mol. The average molecular weight is 631 g/mol. The fraction of sp³-hybridized carbons (Fsp3) is 0.562. The quantitative estimate of drug-likeness (QED) is 0.401. The van der Waals surface area contributed by atoms with Gasteiger partial charge in [0.1, 0.15) is 11.7 Å². The first-order chi connectivity index (χ1) is 20.0. The first-order valence-electron chi connectivity index (χ1n) is 15.0. The summed E-state index contributed by atoms with van der Waals surface area (Å²) in [6.07, 6.45) is -4.34. The number of halogens is 1. The Morgan fingerprint density at radius 2 is 1.51 bits per heavy atom. The van der Waals surface area contributed by atoms with E-state index in [-0.39, 0.29) is 29.6 Å². The molecule has 236 valence electrons. The molecule has 11 heteroatoms. The van der Waals surface area contributed by atoms with Crippen LogP contribution in [0.5, 0.6) is 0 Å². The fourth-order valence-electron chi connectivity index (χ4n) is 5.82. The zero-order chi connectivity index (χ0) is 31.8. The molecule has 0 aromatic heterocycles. The summed E-state index contributed by atoms with van der Waals surface area (Å²) in [5.41, 5.74) is -1.62. The SMILES string of the molecule is CC(C)(C)[Si](C)(C)O[C@H]1[C@@H](F)[C@H](N2CCC(=O)NC2=O)O[C@]1(CO)CO[Si](c1ccccc1)(c1ccccc1)C(C)(C)C. The number of amides is 3. The van der Waals surface area contributed by atoms with Crippen molar-refractivity contribution in [1.29, 1.82) is 0 Å². The van der Waals surface area contributed by atoms with Crippen molar-refractivity contribution in [2.24, 2.45) is 0 Å². The minimum absolute atomic E-state index is 0.000357. The Bertz CT molecular complexity index is 1240. The van der Waals surface area contributed by atoms with E-state index in [0.717, 1.165) is 10.4 Å². The number of nitrogens with one attached hydrogen (secondary N) is 1. The topological polar surface area (TPSA) is 97.3 Å². The number of carbonyl (C=O) groups is 2. The number of aliphatic hydroxyl groups is 1. The second-order valence-corrected chi connectivity index (χ2v) is 23.3. The maximum Gasteiger partial charge on any atom is 0.326 e. The number of nitrogens with zero attached hydrogens (tertiary/aromatic N) is 1. The van der Waals surface area contributed by atoms with Crippen LogP contribution in [-0.4, -0.2) is 82.4 Å². The van der Waals surface area contributed by atoms with Gasteiger partial charge in [-0.3, -0.25) is 15.0 Å². The van der Waals surface area contributed by atoms with Crippen molar-refractivity contribution in [3.8, 4) is 0 Å². The molecule has 0 bridgehead atoms. The van der Waals surface area contributed by atoms with E-state index in [1.54, 1.807) is 0 Å². The van der Waals surface area contributed by atoms with Gasteiger partial charge in [0.05, 0.1) is 13.2 Å². The van der Waals surface area contributed by atoms with E-state index in [0.29, 0.717) is 0 Å². The number of hydrogen-bond donors (Lipinski definition) is 2. The standard InChI is InChI=1S/C32H47FN2O6Si2/c1-30(2,3)42(7,8)41-27-26(33)28(35-20-19-25(37)34-29(35)38)40-32(27,21-36)22-39-43(31(4,5)6,23-15-11-9-12-16-23)24-17-13-10-14-18-24/h9-18,26-28,36H,19-22H2,1-8H3,(H,34,37,38)/t26-,27+,28-,32-/m1/s1. The smallest absolute Gasteiger partial charge is 0.326 e. The van der Waals surface area contributed by atoms with Gasteiger partial charge in [0.15, 0.2) is 20.7 Å². The van der Waals surface area contributed by atoms with Crippen LogP contribution in [0.2, 0.25) is 23.2 Å². The van der Waals surface area contributed by atoms with E-state index in [1.807, 2.05) is 49.5 Å². The largest absolute Gasteiger partial charge is 0.408 e. The molecule has 2 aliphatic heterocycles. The van der Waals surface area contributed by atoms with Gasteiger partial charge in [-0.1, -0.05) is 102 Å². The van der Waals surface area contributed by atoms with Crippen molar-refractivity contribution in [2.45, 2.75) is 95.2 Å². The first kappa shape index (κ1) is 33.5. The van der Waals surface area contributed by atoms with Crippen LogP contribution in [-0.2, 0) is 18.4 Å². The van der Waals surface area contributed by atoms with Crippen LogP contribution in [0.3, 0.4) is 0 Å². The van der Waals surface area contributed by atoms with Gasteiger partial charge in [-0.2, -0.15) is 0 Å². The molecule has 3 amide bonds. The fourth-order valence-corrected chi connectivity index (χ4v) is 11.8. The number of rotatable bonds is 9. The van der Waals surface area contributed by atoms with Crippen LogP contribution < -0.4 is 15.7 Å². The number of imide groups is 1. The van der Waals surface area contributed by atoms with Crippen LogP contribution >= 0.6 is 0 Å². The van der Waals surface area contributed by atoms with Crippen molar-refractivity contribution in [2.75, 3.05) is 19.8 Å². The number of benzene rings is 2. The number of hydrogen-bond acceptors (Lipinski definition) is 6. The third-order valence-corrected chi connectivity index (χ3v) is 18.7. The molecule has 0 aliphatic carbocycles. The molecule has 4 atom stereocenters. The van der Waals surface area contributed by atoms with E-state index >= 15 is 4.39 Å². The van der Waals surface area contributed by atoms with Crippen LogP contribution in [0.1, 0.15) is 48.0 Å². The number of alkyl halides is 1. The van der Waals surface area contributed by atoms with Crippen LogP contribution in [0.25, 0.3) is 0 Å². The molecular weight excluding hydrogens is 584 g/mol. The predicted molar refractivity (Wildman–Crippen MR) is 170 cm³/mol. The molecule has 2 N–H and O–H groups in total. The minimum atomic E-state index is -3.11. The van der Waals surface area contributed by atoms with Crippen LogP contribution in [0, 0.1) is 0 Å². The highest BCUT2D eigenvalue weighted by Gasteiger charge is 2.62. The zero-order valence-electron chi connectivity index (χ0n) is 26.6. The Kier molecular flexibility index (Phi) is 9.47. The second kappa shape index (κ2) is 12.2. The number of carbonyl (C=O) groups excluding carboxylic acids is 2. The highest BCUT2D eigenvalue weighted by Crippen LogP contribution is 2.45. The van der Waals surface area contributed by atoms with Crippen molar-refractivity contribution in [3.05, 3.63) is 60.7 Å². The summed E-state index contributed by atoms with van der Waals surface area (Å²) in [7, 11) is -5.72. The van der Waals surface area contributed by atoms with Crippen molar-refractivity contribution in [3.63, 3.8) is 0 Å². The van der Waals surface area contributed by atoms with Gasteiger partial charge in [-0.15, -0.1) is 0 Å². The van der Waals surface area contributed by atoms with Gasteiger partial charge < -0.3 is 18.7 Å². The van der Waals surface area contributed by atoms with E-state index < -0.39 is 59.3 Å². The molecule has 2 saturated heterocycles. The summed E-state index contributed by atoms with van der Waals surface area (Å²) in [5, 5.41) is 14.8. The molecule has 43 heavy (non-hydrogen) atoms.